The van der Waals surface area contributed by atoms with Crippen molar-refractivity contribution in [2.24, 2.45) is 4.99 Å². The van der Waals surface area contributed by atoms with Crippen molar-refractivity contribution in [3.05, 3.63) is 93.5 Å². The Hall–Kier alpha value is -3.22. The summed E-state index contributed by atoms with van der Waals surface area (Å²) < 4.78 is 11.4. The van der Waals surface area contributed by atoms with Crippen LogP contribution >= 0.6 is 23.2 Å². The first-order valence-corrected chi connectivity index (χ1v) is 11.5. The predicted octanol–water partition coefficient (Wildman–Crippen LogP) is 7.01. The van der Waals surface area contributed by atoms with Crippen molar-refractivity contribution in [3.8, 4) is 11.5 Å². The molecule has 0 bridgehead atoms. The lowest BCUT2D eigenvalue weighted by molar-refractivity contribution is 0.157. The molecule has 34 heavy (non-hydrogen) atoms. The van der Waals surface area contributed by atoms with Gasteiger partial charge in [0.05, 0.1) is 24.8 Å². The third kappa shape index (κ3) is 4.83. The molecule has 1 aliphatic rings. The Morgan fingerprint density at radius 3 is 2.09 bits per heavy atom. The third-order valence-corrected chi connectivity index (χ3v) is 5.99. The Morgan fingerprint density at radius 1 is 0.971 bits per heavy atom. The van der Waals surface area contributed by atoms with Gasteiger partial charge in [-0.1, -0.05) is 47.5 Å². The molecule has 1 aliphatic heterocycles. The standard InChI is InChI=1S/C26H24Cl2N2O4/c1-15(2)34-22-14-20(33-3)12-13-21(22)25-29-23(16-4-8-18(27)9-5-16)24(30(25)26(31)32)17-6-10-19(28)11-7-17/h4-15,23-24H,1-3H3,(H,31,32). The molecular formula is C26H24Cl2N2O4. The molecule has 1 amide bonds. The first kappa shape index (κ1) is 23.9. The summed E-state index contributed by atoms with van der Waals surface area (Å²) in [4.78, 5) is 18.9. The minimum Gasteiger partial charge on any atom is -0.497 e. The lowest BCUT2D eigenvalue weighted by atomic mass is 9.94. The van der Waals surface area contributed by atoms with Gasteiger partial charge in [0.25, 0.3) is 0 Å². The Morgan fingerprint density at radius 2 is 1.56 bits per heavy atom. The molecule has 0 fully saturated rings. The summed E-state index contributed by atoms with van der Waals surface area (Å²) >= 11 is 12.2. The molecule has 1 N–H and O–H groups in total. The van der Waals surface area contributed by atoms with E-state index in [4.69, 9.17) is 37.7 Å². The highest BCUT2D eigenvalue weighted by atomic mass is 35.5. The number of nitrogens with zero attached hydrogens (tertiary/aromatic N) is 2. The molecule has 0 aliphatic carbocycles. The van der Waals surface area contributed by atoms with Crippen molar-refractivity contribution in [3.63, 3.8) is 0 Å². The van der Waals surface area contributed by atoms with Gasteiger partial charge in [0.15, 0.2) is 0 Å². The van der Waals surface area contributed by atoms with Gasteiger partial charge >= 0.3 is 6.09 Å². The number of carboxylic acid groups (broad SMARTS) is 1. The number of ether oxygens (including phenoxy) is 2. The largest absolute Gasteiger partial charge is 0.497 e. The van der Waals surface area contributed by atoms with E-state index in [2.05, 4.69) is 0 Å². The molecule has 2 unspecified atom stereocenters. The normalized spacial score (nSPS) is 17.6. The van der Waals surface area contributed by atoms with Gasteiger partial charge in [0.2, 0.25) is 0 Å². The Balaban J connectivity index is 1.91. The molecule has 0 spiro atoms. The number of rotatable bonds is 6. The smallest absolute Gasteiger partial charge is 0.413 e. The van der Waals surface area contributed by atoms with Crippen molar-refractivity contribution < 1.29 is 19.4 Å². The Bertz CT molecular complexity index is 1210. The topological polar surface area (TPSA) is 71.4 Å². The van der Waals surface area contributed by atoms with Crippen LogP contribution < -0.4 is 9.47 Å². The second-order valence-corrected chi connectivity index (χ2v) is 9.00. The average molecular weight is 499 g/mol. The average Bonchev–Trinajstić information content (AvgIpc) is 3.20. The zero-order valence-corrected chi connectivity index (χ0v) is 20.4. The highest BCUT2D eigenvalue weighted by Crippen LogP contribution is 2.45. The number of carbonyl (C=O) groups is 1. The molecule has 0 saturated heterocycles. The van der Waals surface area contributed by atoms with Crippen LogP contribution in [0.1, 0.15) is 42.6 Å². The number of halogens is 2. The van der Waals surface area contributed by atoms with Gasteiger partial charge in [0, 0.05) is 16.1 Å². The minimum absolute atomic E-state index is 0.134. The summed E-state index contributed by atoms with van der Waals surface area (Å²) in [5.41, 5.74) is 2.17. The second kappa shape index (κ2) is 9.95. The van der Waals surface area contributed by atoms with E-state index in [1.165, 1.54) is 4.90 Å². The molecule has 0 aromatic heterocycles. The van der Waals surface area contributed by atoms with Crippen LogP contribution in [0, 0.1) is 0 Å². The van der Waals surface area contributed by atoms with Gasteiger partial charge in [0.1, 0.15) is 23.4 Å². The molecular weight excluding hydrogens is 475 g/mol. The molecule has 0 radical (unpaired) electrons. The maximum Gasteiger partial charge on any atom is 0.413 e. The van der Waals surface area contributed by atoms with E-state index in [0.717, 1.165) is 11.1 Å². The predicted molar refractivity (Wildman–Crippen MR) is 134 cm³/mol. The van der Waals surface area contributed by atoms with Crippen molar-refractivity contribution in [2.45, 2.75) is 32.0 Å². The second-order valence-electron chi connectivity index (χ2n) is 8.13. The number of hydrogen-bond acceptors (Lipinski definition) is 4. The van der Waals surface area contributed by atoms with Crippen LogP contribution in [0.2, 0.25) is 10.0 Å². The number of hydrogen-bond donors (Lipinski definition) is 1. The lowest BCUT2D eigenvalue weighted by Crippen LogP contribution is -2.37. The number of methoxy groups -OCH3 is 1. The summed E-state index contributed by atoms with van der Waals surface area (Å²) in [5, 5.41) is 11.5. The fourth-order valence-electron chi connectivity index (χ4n) is 4.02. The maximum absolute atomic E-state index is 12.7. The molecule has 1 heterocycles. The van der Waals surface area contributed by atoms with Crippen LogP contribution in [0.15, 0.2) is 71.7 Å². The summed E-state index contributed by atoms with van der Waals surface area (Å²) in [6.07, 6.45) is -1.26. The molecule has 176 valence electrons. The first-order valence-electron chi connectivity index (χ1n) is 10.7. The Kier molecular flexibility index (Phi) is 7.00. The van der Waals surface area contributed by atoms with E-state index < -0.39 is 18.2 Å². The zero-order valence-electron chi connectivity index (χ0n) is 18.9. The van der Waals surface area contributed by atoms with Gasteiger partial charge in [-0.15, -0.1) is 0 Å². The SMILES string of the molecule is COc1ccc(C2=NC(c3ccc(Cl)cc3)C(c3ccc(Cl)cc3)N2C(=O)O)c(OC(C)C)c1. The monoisotopic (exact) mass is 498 g/mol. The summed E-state index contributed by atoms with van der Waals surface area (Å²) in [6, 6.07) is 18.6. The third-order valence-electron chi connectivity index (χ3n) is 5.49. The van der Waals surface area contributed by atoms with Crippen molar-refractivity contribution in [1.29, 1.82) is 0 Å². The molecule has 3 aromatic carbocycles. The van der Waals surface area contributed by atoms with Crippen LogP contribution in [0.25, 0.3) is 0 Å². The fourth-order valence-corrected chi connectivity index (χ4v) is 4.27. The fraction of sp³-hybridized carbons (Fsp3) is 0.231. The van der Waals surface area contributed by atoms with Crippen LogP contribution in [0.4, 0.5) is 4.79 Å². The van der Waals surface area contributed by atoms with Crippen molar-refractivity contribution in [2.75, 3.05) is 7.11 Å². The van der Waals surface area contributed by atoms with Crippen molar-refractivity contribution in [1.82, 2.24) is 4.90 Å². The van der Waals surface area contributed by atoms with Crippen molar-refractivity contribution >= 4 is 35.1 Å². The molecule has 6 nitrogen and oxygen atoms in total. The molecule has 4 rings (SSSR count). The summed E-state index contributed by atoms with van der Waals surface area (Å²) in [6.45, 7) is 3.81. The molecule has 2 atom stereocenters. The van der Waals surface area contributed by atoms with E-state index >= 15 is 0 Å². The maximum atomic E-state index is 12.7. The van der Waals surface area contributed by atoms with E-state index in [-0.39, 0.29) is 6.10 Å². The number of amidine groups is 1. The quantitative estimate of drug-likeness (QED) is 0.396. The Labute approximate surface area is 208 Å². The summed E-state index contributed by atoms with van der Waals surface area (Å²) in [7, 11) is 1.57. The van der Waals surface area contributed by atoms with Crippen LogP contribution in [0.5, 0.6) is 11.5 Å². The van der Waals surface area contributed by atoms with Gasteiger partial charge in [-0.3, -0.25) is 9.89 Å². The summed E-state index contributed by atoms with van der Waals surface area (Å²) in [5.74, 6) is 1.39. The molecule has 3 aromatic rings. The number of amides is 1. The van der Waals surface area contributed by atoms with E-state index in [1.807, 2.05) is 38.1 Å². The van der Waals surface area contributed by atoms with Crippen LogP contribution in [-0.4, -0.2) is 35.1 Å². The molecule has 8 heteroatoms. The number of aliphatic imine (C=N–C) groups is 1. The van der Waals surface area contributed by atoms with E-state index in [9.17, 15) is 9.90 Å². The van der Waals surface area contributed by atoms with Gasteiger partial charge in [-0.05, 0) is 61.4 Å². The van der Waals surface area contributed by atoms with Gasteiger partial charge in [-0.25, -0.2) is 4.79 Å². The van der Waals surface area contributed by atoms with E-state index in [1.54, 1.807) is 49.6 Å². The number of benzene rings is 3. The van der Waals surface area contributed by atoms with Gasteiger partial charge < -0.3 is 14.6 Å². The van der Waals surface area contributed by atoms with E-state index in [0.29, 0.717) is 32.9 Å². The highest BCUT2D eigenvalue weighted by molar-refractivity contribution is 6.30. The lowest BCUT2D eigenvalue weighted by Gasteiger charge is -2.28. The highest BCUT2D eigenvalue weighted by Gasteiger charge is 2.43. The minimum atomic E-state index is -1.12. The first-order chi connectivity index (χ1) is 16.3. The van der Waals surface area contributed by atoms with Crippen LogP contribution in [0.3, 0.4) is 0 Å². The van der Waals surface area contributed by atoms with Gasteiger partial charge in [-0.2, -0.15) is 0 Å². The molecule has 0 saturated carbocycles. The zero-order chi connectivity index (χ0) is 24.4. The van der Waals surface area contributed by atoms with Crippen LogP contribution in [-0.2, 0) is 0 Å².